The van der Waals surface area contributed by atoms with Crippen molar-refractivity contribution >= 4 is 29.0 Å². The molecule has 1 aromatic rings. The Balaban J connectivity index is 2.88. The number of nitrogens with one attached hydrogen (secondary N) is 1. The van der Waals surface area contributed by atoms with Crippen LogP contribution in [-0.2, 0) is 4.79 Å². The molecule has 3 nitrogen and oxygen atoms in total. The van der Waals surface area contributed by atoms with Gasteiger partial charge < -0.3 is 11.1 Å². The third-order valence-corrected chi connectivity index (χ3v) is 2.59. The van der Waals surface area contributed by atoms with Crippen LogP contribution in [0.2, 0.25) is 0 Å². The summed E-state index contributed by atoms with van der Waals surface area (Å²) in [7, 11) is 0. The molecule has 0 radical (unpaired) electrons. The zero-order chi connectivity index (χ0) is 10.6. The summed E-state index contributed by atoms with van der Waals surface area (Å²) in [5.74, 6) is 0.899. The van der Waals surface area contributed by atoms with Gasteiger partial charge in [0.25, 0.3) is 0 Å². The second kappa shape index (κ2) is 4.91. The van der Waals surface area contributed by atoms with E-state index in [0.29, 0.717) is 0 Å². The van der Waals surface area contributed by atoms with Crippen molar-refractivity contribution < 1.29 is 4.79 Å². The number of anilines is 2. The van der Waals surface area contributed by atoms with Gasteiger partial charge in [0.15, 0.2) is 0 Å². The first kappa shape index (κ1) is 10.9. The van der Waals surface area contributed by atoms with Gasteiger partial charge in [-0.2, -0.15) is 0 Å². The molecule has 0 spiro atoms. The largest absolute Gasteiger partial charge is 0.398 e. The molecule has 76 valence electrons. The number of rotatable bonds is 3. The molecule has 0 heterocycles. The molecular formula is C10H14N2OS. The Bertz CT molecular complexity index is 339. The fraction of sp³-hybridized carbons (Fsp3) is 0.300. The highest BCUT2D eigenvalue weighted by Gasteiger charge is 2.01. The van der Waals surface area contributed by atoms with E-state index >= 15 is 0 Å². The van der Waals surface area contributed by atoms with Gasteiger partial charge in [-0.1, -0.05) is 6.92 Å². The number of thioether (sulfide) groups is 1. The molecule has 1 aromatic carbocycles. The first-order valence-corrected chi connectivity index (χ1v) is 5.42. The van der Waals surface area contributed by atoms with Gasteiger partial charge in [0.05, 0.1) is 0 Å². The van der Waals surface area contributed by atoms with Crippen molar-refractivity contribution in [2.75, 3.05) is 16.8 Å². The van der Waals surface area contributed by atoms with E-state index in [-0.39, 0.29) is 5.91 Å². The summed E-state index contributed by atoms with van der Waals surface area (Å²) in [5.41, 5.74) is 7.32. The quantitative estimate of drug-likeness (QED) is 0.594. The summed E-state index contributed by atoms with van der Waals surface area (Å²) < 4.78 is 0. The molecule has 0 saturated heterocycles. The summed E-state index contributed by atoms with van der Waals surface area (Å²) in [6.45, 7) is 3.55. The number of benzene rings is 1. The van der Waals surface area contributed by atoms with Gasteiger partial charge in [-0.25, -0.2) is 0 Å². The Morgan fingerprint density at radius 1 is 1.57 bits per heavy atom. The molecule has 4 heteroatoms. The normalized spacial score (nSPS) is 9.86. The average Bonchev–Trinajstić information content (AvgIpc) is 2.10. The number of carbonyl (C=O) groups excluding carboxylic acids is 1. The van der Waals surface area contributed by atoms with E-state index in [1.807, 2.05) is 12.1 Å². The summed E-state index contributed by atoms with van der Waals surface area (Å²) in [6.07, 6.45) is 0. The van der Waals surface area contributed by atoms with Gasteiger partial charge in [-0.3, -0.25) is 4.79 Å². The Labute approximate surface area is 88.1 Å². The third kappa shape index (κ3) is 2.96. The highest BCUT2D eigenvalue weighted by Crippen LogP contribution is 2.27. The second-order valence-electron chi connectivity index (χ2n) is 2.87. The molecule has 0 aliphatic rings. The summed E-state index contributed by atoms with van der Waals surface area (Å²) in [6, 6.07) is 5.50. The molecular weight excluding hydrogens is 196 g/mol. The van der Waals surface area contributed by atoms with Crippen molar-refractivity contribution in [2.45, 2.75) is 18.7 Å². The summed E-state index contributed by atoms with van der Waals surface area (Å²) in [4.78, 5) is 11.8. The van der Waals surface area contributed by atoms with Crippen molar-refractivity contribution in [1.29, 1.82) is 0 Å². The number of hydrogen-bond acceptors (Lipinski definition) is 3. The summed E-state index contributed by atoms with van der Waals surface area (Å²) in [5, 5.41) is 2.72. The fourth-order valence-electron chi connectivity index (χ4n) is 1.10. The Kier molecular flexibility index (Phi) is 3.83. The lowest BCUT2D eigenvalue weighted by Crippen LogP contribution is -2.05. The standard InChI is InChI=1S/C10H14N2OS/c1-3-14-10-6-8(12-7(2)13)4-5-9(10)11/h4-6H,3,11H2,1-2H3,(H,12,13). The maximum absolute atomic E-state index is 10.8. The number of nitrogens with two attached hydrogens (primary N) is 1. The van der Waals surface area contributed by atoms with Gasteiger partial charge in [0.1, 0.15) is 0 Å². The molecule has 0 saturated carbocycles. The monoisotopic (exact) mass is 210 g/mol. The van der Waals surface area contributed by atoms with Gasteiger partial charge in [0, 0.05) is 23.2 Å². The molecule has 0 bridgehead atoms. The van der Waals surface area contributed by atoms with Crippen molar-refractivity contribution in [1.82, 2.24) is 0 Å². The predicted molar refractivity (Wildman–Crippen MR) is 61.6 cm³/mol. The van der Waals surface area contributed by atoms with E-state index in [1.165, 1.54) is 6.92 Å². The van der Waals surface area contributed by atoms with Crippen LogP contribution in [0.1, 0.15) is 13.8 Å². The van der Waals surface area contributed by atoms with Gasteiger partial charge in [0.2, 0.25) is 5.91 Å². The van der Waals surface area contributed by atoms with Crippen molar-refractivity contribution in [2.24, 2.45) is 0 Å². The molecule has 14 heavy (non-hydrogen) atoms. The molecule has 1 rings (SSSR count). The molecule has 3 N–H and O–H groups in total. The van der Waals surface area contributed by atoms with Crippen LogP contribution in [0, 0.1) is 0 Å². The fourth-order valence-corrected chi connectivity index (χ4v) is 1.85. The molecule has 0 aliphatic carbocycles. The third-order valence-electron chi connectivity index (χ3n) is 1.63. The van der Waals surface area contributed by atoms with E-state index in [4.69, 9.17) is 5.73 Å². The molecule has 0 aromatic heterocycles. The van der Waals surface area contributed by atoms with Crippen LogP contribution in [0.15, 0.2) is 23.1 Å². The molecule has 0 unspecified atom stereocenters. The number of nitrogen functional groups attached to an aromatic ring is 1. The van der Waals surface area contributed by atoms with Crippen LogP contribution in [0.3, 0.4) is 0 Å². The highest BCUT2D eigenvalue weighted by atomic mass is 32.2. The van der Waals surface area contributed by atoms with Crippen LogP contribution in [0.25, 0.3) is 0 Å². The maximum atomic E-state index is 10.8. The molecule has 0 aliphatic heterocycles. The topological polar surface area (TPSA) is 55.1 Å². The summed E-state index contributed by atoms with van der Waals surface area (Å²) >= 11 is 1.67. The average molecular weight is 210 g/mol. The minimum absolute atomic E-state index is 0.0674. The number of amides is 1. The van der Waals surface area contributed by atoms with Crippen LogP contribution in [-0.4, -0.2) is 11.7 Å². The van der Waals surface area contributed by atoms with E-state index < -0.39 is 0 Å². The zero-order valence-electron chi connectivity index (χ0n) is 8.33. The smallest absolute Gasteiger partial charge is 0.221 e. The van der Waals surface area contributed by atoms with Crippen LogP contribution in [0.4, 0.5) is 11.4 Å². The lowest BCUT2D eigenvalue weighted by atomic mass is 10.3. The maximum Gasteiger partial charge on any atom is 0.221 e. The SMILES string of the molecule is CCSc1cc(NC(C)=O)ccc1N. The molecule has 0 atom stereocenters. The van der Waals surface area contributed by atoms with Crippen LogP contribution < -0.4 is 11.1 Å². The second-order valence-corrected chi connectivity index (χ2v) is 4.17. The van der Waals surface area contributed by atoms with Crippen molar-refractivity contribution in [3.63, 3.8) is 0 Å². The lowest BCUT2D eigenvalue weighted by Gasteiger charge is -2.07. The Morgan fingerprint density at radius 3 is 2.86 bits per heavy atom. The Morgan fingerprint density at radius 2 is 2.29 bits per heavy atom. The highest BCUT2D eigenvalue weighted by molar-refractivity contribution is 7.99. The Hall–Kier alpha value is -1.16. The van der Waals surface area contributed by atoms with Gasteiger partial charge in [-0.15, -0.1) is 11.8 Å². The minimum atomic E-state index is -0.0674. The molecule has 0 fully saturated rings. The van der Waals surface area contributed by atoms with E-state index in [9.17, 15) is 4.79 Å². The van der Waals surface area contributed by atoms with Gasteiger partial charge >= 0.3 is 0 Å². The zero-order valence-corrected chi connectivity index (χ0v) is 9.15. The number of hydrogen-bond donors (Lipinski definition) is 2. The van der Waals surface area contributed by atoms with E-state index in [1.54, 1.807) is 17.8 Å². The van der Waals surface area contributed by atoms with Crippen LogP contribution >= 0.6 is 11.8 Å². The van der Waals surface area contributed by atoms with Crippen LogP contribution in [0.5, 0.6) is 0 Å². The lowest BCUT2D eigenvalue weighted by molar-refractivity contribution is -0.114. The van der Waals surface area contributed by atoms with Gasteiger partial charge in [-0.05, 0) is 24.0 Å². The van der Waals surface area contributed by atoms with Crippen molar-refractivity contribution in [3.05, 3.63) is 18.2 Å². The predicted octanol–water partition coefficient (Wildman–Crippen LogP) is 2.34. The van der Waals surface area contributed by atoms with E-state index in [0.717, 1.165) is 22.0 Å². The first-order chi connectivity index (χ1) is 6.63. The van der Waals surface area contributed by atoms with Crippen molar-refractivity contribution in [3.8, 4) is 0 Å². The number of carbonyl (C=O) groups is 1. The van der Waals surface area contributed by atoms with E-state index in [2.05, 4.69) is 12.2 Å². The molecule has 1 amide bonds. The minimum Gasteiger partial charge on any atom is -0.398 e. The first-order valence-electron chi connectivity index (χ1n) is 4.43.